The molecule has 0 aromatic rings. The van der Waals surface area contributed by atoms with Crippen molar-refractivity contribution in [3.05, 3.63) is 0 Å². The van der Waals surface area contributed by atoms with Gasteiger partial charge < -0.3 is 10.5 Å². The van der Waals surface area contributed by atoms with Crippen LogP contribution >= 0.6 is 0 Å². The fraction of sp³-hybridized carbons (Fsp3) is 1.00. The molecular formula is C13H24FNO. The zero-order valence-electron chi connectivity index (χ0n) is 10.1. The van der Waals surface area contributed by atoms with Crippen LogP contribution < -0.4 is 5.73 Å². The summed E-state index contributed by atoms with van der Waals surface area (Å²) in [5, 5.41) is 0. The highest BCUT2D eigenvalue weighted by Crippen LogP contribution is 2.42. The predicted octanol–water partition coefficient (Wildman–Crippen LogP) is 2.80. The molecule has 1 heterocycles. The fourth-order valence-corrected chi connectivity index (χ4v) is 3.31. The molecule has 2 fully saturated rings. The Morgan fingerprint density at radius 2 is 2.06 bits per heavy atom. The van der Waals surface area contributed by atoms with E-state index < -0.39 is 6.17 Å². The van der Waals surface area contributed by atoms with E-state index in [1.807, 2.05) is 0 Å². The molecule has 2 aliphatic rings. The highest BCUT2D eigenvalue weighted by molar-refractivity contribution is 4.91. The number of halogens is 1. The first-order valence-corrected chi connectivity index (χ1v) is 6.74. The van der Waals surface area contributed by atoms with Crippen LogP contribution in [0.15, 0.2) is 0 Å². The van der Waals surface area contributed by atoms with Crippen molar-refractivity contribution in [1.29, 1.82) is 0 Å². The smallest absolute Gasteiger partial charge is 0.104 e. The summed E-state index contributed by atoms with van der Waals surface area (Å²) in [5.74, 6) is 0.190. The first kappa shape index (κ1) is 12.3. The Bertz CT molecular complexity index is 210. The second-order valence-electron chi connectivity index (χ2n) is 5.44. The van der Waals surface area contributed by atoms with Gasteiger partial charge in [-0.3, -0.25) is 0 Å². The first-order valence-electron chi connectivity index (χ1n) is 6.74. The van der Waals surface area contributed by atoms with Gasteiger partial charge in [-0.2, -0.15) is 0 Å². The third-order valence-electron chi connectivity index (χ3n) is 4.25. The van der Waals surface area contributed by atoms with Gasteiger partial charge in [-0.25, -0.2) is 4.39 Å². The topological polar surface area (TPSA) is 35.2 Å². The summed E-state index contributed by atoms with van der Waals surface area (Å²) in [5.41, 5.74) is 5.46. The van der Waals surface area contributed by atoms with E-state index in [9.17, 15) is 4.39 Å². The molecule has 16 heavy (non-hydrogen) atoms. The molecule has 3 heteroatoms. The monoisotopic (exact) mass is 229 g/mol. The number of ether oxygens (including phenoxy) is 1. The molecule has 2 unspecified atom stereocenters. The summed E-state index contributed by atoms with van der Waals surface area (Å²) in [6.45, 7) is 1.21. The molecule has 1 aliphatic carbocycles. The molecule has 0 bridgehead atoms. The van der Waals surface area contributed by atoms with Crippen LogP contribution in [0.5, 0.6) is 0 Å². The minimum Gasteiger partial charge on any atom is -0.375 e. The SMILES string of the molecule is NCCC(F)C1CCOC2(CCCCC2)C1. The van der Waals surface area contributed by atoms with Gasteiger partial charge in [-0.1, -0.05) is 19.3 Å². The third-order valence-corrected chi connectivity index (χ3v) is 4.25. The van der Waals surface area contributed by atoms with Crippen LogP contribution in [0, 0.1) is 5.92 Å². The van der Waals surface area contributed by atoms with Crippen LogP contribution in [0.1, 0.15) is 51.4 Å². The lowest BCUT2D eigenvalue weighted by Crippen LogP contribution is -2.43. The van der Waals surface area contributed by atoms with Crippen molar-refractivity contribution in [1.82, 2.24) is 0 Å². The van der Waals surface area contributed by atoms with Crippen molar-refractivity contribution in [2.45, 2.75) is 63.1 Å². The summed E-state index contributed by atoms with van der Waals surface area (Å²) < 4.78 is 19.9. The molecule has 1 aliphatic heterocycles. The summed E-state index contributed by atoms with van der Waals surface area (Å²) >= 11 is 0. The van der Waals surface area contributed by atoms with Gasteiger partial charge in [0.15, 0.2) is 0 Å². The highest BCUT2D eigenvalue weighted by Gasteiger charge is 2.40. The minimum atomic E-state index is -0.715. The number of hydrogen-bond donors (Lipinski definition) is 1. The predicted molar refractivity (Wildman–Crippen MR) is 63.1 cm³/mol. The van der Waals surface area contributed by atoms with Gasteiger partial charge in [0.2, 0.25) is 0 Å². The number of alkyl halides is 1. The van der Waals surface area contributed by atoms with Crippen molar-refractivity contribution < 1.29 is 9.13 Å². The van der Waals surface area contributed by atoms with E-state index in [2.05, 4.69) is 0 Å². The third kappa shape index (κ3) is 2.75. The summed E-state index contributed by atoms with van der Waals surface area (Å²) in [6, 6.07) is 0. The van der Waals surface area contributed by atoms with Crippen LogP contribution in [0.3, 0.4) is 0 Å². The standard InChI is InChI=1S/C13H24FNO/c14-12(4-8-15)11-5-9-16-13(10-11)6-2-1-3-7-13/h11-12H,1-10,15H2. The van der Waals surface area contributed by atoms with E-state index in [-0.39, 0.29) is 11.5 Å². The van der Waals surface area contributed by atoms with Gasteiger partial charge in [0.25, 0.3) is 0 Å². The molecular weight excluding hydrogens is 205 g/mol. The molecule has 2 rings (SSSR count). The Kier molecular flexibility index (Phi) is 4.20. The van der Waals surface area contributed by atoms with E-state index in [1.165, 1.54) is 19.3 Å². The molecule has 1 spiro atoms. The molecule has 0 aromatic heterocycles. The molecule has 0 aromatic carbocycles. The lowest BCUT2D eigenvalue weighted by atomic mass is 9.74. The van der Waals surface area contributed by atoms with Gasteiger partial charge in [0.05, 0.1) is 5.60 Å². The van der Waals surface area contributed by atoms with Gasteiger partial charge in [0.1, 0.15) is 6.17 Å². The molecule has 0 radical (unpaired) electrons. The van der Waals surface area contributed by atoms with Crippen molar-refractivity contribution in [2.75, 3.05) is 13.2 Å². The number of nitrogens with two attached hydrogens (primary N) is 1. The van der Waals surface area contributed by atoms with Gasteiger partial charge in [-0.05, 0) is 44.6 Å². The number of hydrogen-bond acceptors (Lipinski definition) is 2. The average molecular weight is 229 g/mol. The Morgan fingerprint density at radius 3 is 2.75 bits per heavy atom. The molecule has 2 nitrogen and oxygen atoms in total. The Labute approximate surface area is 97.7 Å². The molecule has 2 atom stereocenters. The maximum atomic E-state index is 13.9. The van der Waals surface area contributed by atoms with Crippen LogP contribution in [0.25, 0.3) is 0 Å². The summed E-state index contributed by atoms with van der Waals surface area (Å²) in [4.78, 5) is 0. The molecule has 1 saturated heterocycles. The first-order chi connectivity index (χ1) is 7.76. The Morgan fingerprint density at radius 1 is 1.31 bits per heavy atom. The molecule has 2 N–H and O–H groups in total. The van der Waals surface area contributed by atoms with E-state index in [0.717, 1.165) is 32.3 Å². The van der Waals surface area contributed by atoms with Crippen molar-refractivity contribution in [3.63, 3.8) is 0 Å². The average Bonchev–Trinajstić information content (AvgIpc) is 2.30. The fourth-order valence-electron chi connectivity index (χ4n) is 3.31. The molecule has 94 valence electrons. The van der Waals surface area contributed by atoms with E-state index in [4.69, 9.17) is 10.5 Å². The lowest BCUT2D eigenvalue weighted by Gasteiger charge is -2.44. The van der Waals surface area contributed by atoms with Gasteiger partial charge in [-0.15, -0.1) is 0 Å². The zero-order valence-corrected chi connectivity index (χ0v) is 10.1. The quantitative estimate of drug-likeness (QED) is 0.807. The van der Waals surface area contributed by atoms with E-state index in [0.29, 0.717) is 13.0 Å². The second-order valence-corrected chi connectivity index (χ2v) is 5.44. The van der Waals surface area contributed by atoms with Crippen LogP contribution in [0.4, 0.5) is 4.39 Å². The van der Waals surface area contributed by atoms with Crippen molar-refractivity contribution in [3.8, 4) is 0 Å². The summed E-state index contributed by atoms with van der Waals surface area (Å²) in [6.07, 6.45) is 7.70. The van der Waals surface area contributed by atoms with Gasteiger partial charge in [0, 0.05) is 6.61 Å². The normalized spacial score (nSPS) is 31.5. The Balaban J connectivity index is 1.92. The number of rotatable bonds is 3. The van der Waals surface area contributed by atoms with Crippen molar-refractivity contribution >= 4 is 0 Å². The Hall–Kier alpha value is -0.150. The lowest BCUT2D eigenvalue weighted by molar-refractivity contribution is -0.127. The van der Waals surface area contributed by atoms with Gasteiger partial charge >= 0.3 is 0 Å². The maximum absolute atomic E-state index is 13.9. The highest BCUT2D eigenvalue weighted by atomic mass is 19.1. The summed E-state index contributed by atoms with van der Waals surface area (Å²) in [7, 11) is 0. The van der Waals surface area contributed by atoms with E-state index >= 15 is 0 Å². The second kappa shape index (κ2) is 5.46. The molecule has 0 amide bonds. The van der Waals surface area contributed by atoms with Crippen LogP contribution in [-0.2, 0) is 4.74 Å². The van der Waals surface area contributed by atoms with E-state index in [1.54, 1.807) is 0 Å². The molecule has 1 saturated carbocycles. The maximum Gasteiger partial charge on any atom is 0.104 e. The minimum absolute atomic E-state index is 0.0279. The zero-order chi connectivity index (χ0) is 11.4. The van der Waals surface area contributed by atoms with Crippen LogP contribution in [0.2, 0.25) is 0 Å². The van der Waals surface area contributed by atoms with Crippen LogP contribution in [-0.4, -0.2) is 24.9 Å². The largest absolute Gasteiger partial charge is 0.375 e. The van der Waals surface area contributed by atoms with Crippen molar-refractivity contribution in [2.24, 2.45) is 11.7 Å².